The molecule has 3 aliphatic heterocycles. The second-order valence-corrected chi connectivity index (χ2v) is 11.5. The molecular weight excluding hydrogens is 514 g/mol. The molecule has 3 saturated heterocycles. The molecule has 4 heterocycles. The van der Waals surface area contributed by atoms with E-state index in [2.05, 4.69) is 29.0 Å². The van der Waals surface area contributed by atoms with Crippen LogP contribution in [-0.2, 0) is 0 Å². The minimum atomic E-state index is -2.62. The highest BCUT2D eigenvalue weighted by molar-refractivity contribution is 5.93. The Morgan fingerprint density at radius 1 is 1.00 bits per heavy atom. The maximum atomic E-state index is 13.9. The van der Waals surface area contributed by atoms with E-state index in [4.69, 9.17) is 19.4 Å². The topological polar surface area (TPSA) is 66.0 Å². The predicted molar refractivity (Wildman–Crippen MR) is 158 cm³/mol. The lowest BCUT2D eigenvalue weighted by Gasteiger charge is -2.35. The molecule has 10 heteroatoms. The van der Waals surface area contributed by atoms with Crippen molar-refractivity contribution in [2.24, 2.45) is 0 Å². The number of ether oxygens (including phenoxy) is 2. The van der Waals surface area contributed by atoms with Crippen LogP contribution in [0.3, 0.4) is 0 Å². The summed E-state index contributed by atoms with van der Waals surface area (Å²) < 4.78 is 39.7. The average Bonchev–Trinajstić information content (AvgIpc) is 3.44. The molecule has 3 fully saturated rings. The summed E-state index contributed by atoms with van der Waals surface area (Å²) in [6.07, 6.45) is 5.18. The van der Waals surface area contributed by atoms with Gasteiger partial charge in [0.15, 0.2) is 11.5 Å². The van der Waals surface area contributed by atoms with Crippen LogP contribution in [-0.4, -0.2) is 97.3 Å². The van der Waals surface area contributed by atoms with Gasteiger partial charge in [0.2, 0.25) is 5.95 Å². The molecule has 0 radical (unpaired) electrons. The number of rotatable bonds is 10. The zero-order valence-electron chi connectivity index (χ0n) is 23.7. The van der Waals surface area contributed by atoms with E-state index in [9.17, 15) is 8.78 Å². The molecule has 1 aromatic carbocycles. The molecule has 1 aromatic heterocycles. The van der Waals surface area contributed by atoms with Gasteiger partial charge in [0.1, 0.15) is 5.82 Å². The number of nitrogens with zero attached hydrogens (tertiary/aromatic N) is 5. The van der Waals surface area contributed by atoms with Crippen molar-refractivity contribution in [2.45, 2.75) is 84.2 Å². The van der Waals surface area contributed by atoms with Crippen molar-refractivity contribution in [1.29, 1.82) is 0 Å². The molecule has 1 N–H and O–H groups in total. The minimum absolute atomic E-state index is 0. The van der Waals surface area contributed by atoms with Gasteiger partial charge in [-0.1, -0.05) is 7.43 Å². The predicted octanol–water partition coefficient (Wildman–Crippen LogP) is 5.66. The third kappa shape index (κ3) is 7.43. The summed E-state index contributed by atoms with van der Waals surface area (Å²) in [7, 11) is 1.65. The smallest absolute Gasteiger partial charge is 0.251 e. The number of hydrogen-bond donors (Lipinski definition) is 1. The Morgan fingerprint density at radius 2 is 1.70 bits per heavy atom. The molecule has 0 aliphatic carbocycles. The second-order valence-electron chi connectivity index (χ2n) is 11.5. The highest BCUT2D eigenvalue weighted by Crippen LogP contribution is 2.37. The summed E-state index contributed by atoms with van der Waals surface area (Å²) in [5, 5.41) is 4.53. The third-order valence-corrected chi connectivity index (χ3v) is 8.42. The Hall–Kier alpha value is -2.46. The van der Waals surface area contributed by atoms with Crippen LogP contribution in [0, 0.1) is 0 Å². The van der Waals surface area contributed by atoms with Gasteiger partial charge in [-0.15, -0.1) is 0 Å². The lowest BCUT2D eigenvalue weighted by molar-refractivity contribution is -0.0222. The molecule has 0 saturated carbocycles. The van der Waals surface area contributed by atoms with E-state index in [1.165, 1.54) is 25.9 Å². The number of likely N-dealkylation sites (tertiary alicyclic amines) is 2. The van der Waals surface area contributed by atoms with Gasteiger partial charge in [-0.2, -0.15) is 4.98 Å². The normalized spacial score (nSPS) is 20.6. The molecule has 0 unspecified atom stereocenters. The van der Waals surface area contributed by atoms with Gasteiger partial charge < -0.3 is 29.5 Å². The van der Waals surface area contributed by atoms with Crippen molar-refractivity contribution in [3.63, 3.8) is 0 Å². The van der Waals surface area contributed by atoms with Crippen LogP contribution >= 0.6 is 0 Å². The number of halogens is 2. The number of alkyl halides is 2. The maximum absolute atomic E-state index is 13.9. The first-order chi connectivity index (χ1) is 18.8. The largest absolute Gasteiger partial charge is 0.493 e. The molecule has 3 aliphatic rings. The number of hydrogen-bond acceptors (Lipinski definition) is 8. The number of benzene rings is 1. The Bertz CT molecular complexity index is 1090. The summed E-state index contributed by atoms with van der Waals surface area (Å²) in [6, 6.07) is 4.68. The highest BCUT2D eigenvalue weighted by Gasteiger charge is 2.35. The van der Waals surface area contributed by atoms with E-state index in [1.54, 1.807) is 7.11 Å². The Labute approximate surface area is 238 Å². The van der Waals surface area contributed by atoms with Crippen LogP contribution in [0.1, 0.15) is 66.2 Å². The molecule has 40 heavy (non-hydrogen) atoms. The second kappa shape index (κ2) is 13.5. The fraction of sp³-hybridized carbons (Fsp3) is 0.733. The van der Waals surface area contributed by atoms with E-state index >= 15 is 0 Å². The molecule has 224 valence electrons. The van der Waals surface area contributed by atoms with Crippen LogP contribution < -0.4 is 19.7 Å². The number of methoxy groups -OCH3 is 1. The van der Waals surface area contributed by atoms with Crippen LogP contribution in [0.15, 0.2) is 12.1 Å². The minimum Gasteiger partial charge on any atom is -0.493 e. The number of anilines is 2. The molecule has 5 rings (SSSR count). The summed E-state index contributed by atoms with van der Waals surface area (Å²) in [5.74, 6) is -0.102. The summed E-state index contributed by atoms with van der Waals surface area (Å²) in [6.45, 7) is 11.0. The summed E-state index contributed by atoms with van der Waals surface area (Å²) >= 11 is 0. The van der Waals surface area contributed by atoms with Gasteiger partial charge in [0.25, 0.3) is 5.92 Å². The molecule has 0 spiro atoms. The Morgan fingerprint density at radius 3 is 2.35 bits per heavy atom. The monoisotopic (exact) mass is 562 g/mol. The average molecular weight is 563 g/mol. The van der Waals surface area contributed by atoms with Gasteiger partial charge in [-0.25, -0.2) is 13.8 Å². The highest BCUT2D eigenvalue weighted by atomic mass is 19.3. The first-order valence-electron chi connectivity index (χ1n) is 14.7. The fourth-order valence-corrected chi connectivity index (χ4v) is 5.91. The van der Waals surface area contributed by atoms with Crippen LogP contribution in [0.4, 0.5) is 20.5 Å². The van der Waals surface area contributed by atoms with Crippen molar-refractivity contribution in [3.8, 4) is 11.5 Å². The lowest BCUT2D eigenvalue weighted by atomic mass is 10.0. The standard InChI is InChI=1S/C29H44F2N6O2.CH4/c1-21(2)36-14-7-22(8-15-36)32-27-23-19-25(38-3)26(39-18-6-13-35-11-4-5-12-35)20-24(23)33-28(34-27)37-16-9-29(30,31)10-17-37;/h19-22H,4-18H2,1-3H3,(H,32,33,34);1H4. The van der Waals surface area contributed by atoms with E-state index in [0.717, 1.165) is 55.6 Å². The van der Waals surface area contributed by atoms with E-state index in [1.807, 2.05) is 17.0 Å². The van der Waals surface area contributed by atoms with Gasteiger partial charge in [-0.3, -0.25) is 0 Å². The molecule has 0 atom stereocenters. The summed E-state index contributed by atoms with van der Waals surface area (Å²) in [5.41, 5.74) is 0.731. The lowest BCUT2D eigenvalue weighted by Crippen LogP contribution is -2.42. The first kappa shape index (κ1) is 30.5. The molecule has 0 bridgehead atoms. The van der Waals surface area contributed by atoms with Crippen molar-refractivity contribution < 1.29 is 18.3 Å². The van der Waals surface area contributed by atoms with E-state index < -0.39 is 5.92 Å². The zero-order valence-corrected chi connectivity index (χ0v) is 23.7. The van der Waals surface area contributed by atoms with Gasteiger partial charge >= 0.3 is 0 Å². The first-order valence-corrected chi connectivity index (χ1v) is 14.7. The molecule has 8 nitrogen and oxygen atoms in total. The van der Waals surface area contributed by atoms with Gasteiger partial charge in [0, 0.05) is 69.1 Å². The van der Waals surface area contributed by atoms with Crippen molar-refractivity contribution in [1.82, 2.24) is 19.8 Å². The third-order valence-electron chi connectivity index (χ3n) is 8.42. The van der Waals surface area contributed by atoms with Crippen LogP contribution in [0.2, 0.25) is 0 Å². The molecule has 2 aromatic rings. The summed E-state index contributed by atoms with van der Waals surface area (Å²) in [4.78, 5) is 16.6. The number of fused-ring (bicyclic) bond motifs is 1. The molecular formula is C30H48F2N6O2. The fourth-order valence-electron chi connectivity index (χ4n) is 5.91. The van der Waals surface area contributed by atoms with Crippen molar-refractivity contribution in [3.05, 3.63) is 12.1 Å². The van der Waals surface area contributed by atoms with Crippen LogP contribution in [0.25, 0.3) is 10.9 Å². The number of nitrogens with one attached hydrogen (secondary N) is 1. The maximum Gasteiger partial charge on any atom is 0.251 e. The Balaban J connectivity index is 0.00000370. The zero-order chi connectivity index (χ0) is 27.4. The number of piperidine rings is 2. The molecule has 0 amide bonds. The van der Waals surface area contributed by atoms with Crippen molar-refractivity contribution >= 4 is 22.7 Å². The van der Waals surface area contributed by atoms with Crippen molar-refractivity contribution in [2.75, 3.05) is 69.7 Å². The quantitative estimate of drug-likeness (QED) is 0.372. The van der Waals surface area contributed by atoms with E-state index in [0.29, 0.717) is 30.1 Å². The van der Waals surface area contributed by atoms with Crippen LogP contribution in [0.5, 0.6) is 11.5 Å². The SMILES string of the molecule is C.COc1cc2c(NC3CCN(C(C)C)CC3)nc(N3CCC(F)(F)CC3)nc2cc1OCCCN1CCCC1. The number of aromatic nitrogens is 2. The van der Waals surface area contributed by atoms with Gasteiger partial charge in [0.05, 0.1) is 19.2 Å². The van der Waals surface area contributed by atoms with Gasteiger partial charge in [-0.05, 0) is 65.1 Å². The van der Waals surface area contributed by atoms with E-state index in [-0.39, 0.29) is 39.4 Å². The Kier molecular flexibility index (Phi) is 10.3.